The van der Waals surface area contributed by atoms with Gasteiger partial charge in [-0.25, -0.2) is 0 Å². The average Bonchev–Trinajstić information content (AvgIpc) is 2.17. The van der Waals surface area contributed by atoms with Gasteiger partial charge in [-0.3, -0.25) is 0 Å². The largest absolute Gasteiger partial charge is 0.0998 e. The first-order chi connectivity index (χ1) is 7.09. The summed E-state index contributed by atoms with van der Waals surface area (Å²) in [6, 6.07) is 0. The summed E-state index contributed by atoms with van der Waals surface area (Å²) in [7, 11) is 0. The van der Waals surface area contributed by atoms with E-state index in [0.717, 1.165) is 23.7 Å². The smallest absolute Gasteiger partial charge is 0.0134 e. The molecule has 0 heterocycles. The SMILES string of the molecule is C=C(C)[C@H]1CCC(C)[C@@H]2CCC(C)=C[C@@H]12. The molecule has 0 aromatic rings. The second kappa shape index (κ2) is 4.15. The highest BCUT2D eigenvalue weighted by atomic mass is 14.4. The third kappa shape index (κ3) is 2.04. The van der Waals surface area contributed by atoms with E-state index < -0.39 is 0 Å². The van der Waals surface area contributed by atoms with Crippen molar-refractivity contribution in [3.05, 3.63) is 23.8 Å². The van der Waals surface area contributed by atoms with E-state index in [1.165, 1.54) is 31.3 Å². The van der Waals surface area contributed by atoms with Crippen LogP contribution >= 0.6 is 0 Å². The third-order valence-electron chi connectivity index (χ3n) is 4.60. The Kier molecular flexibility index (Phi) is 3.04. The first-order valence-corrected chi connectivity index (χ1v) is 6.42. The average molecular weight is 204 g/mol. The molecule has 0 saturated heterocycles. The van der Waals surface area contributed by atoms with Crippen molar-refractivity contribution in [1.29, 1.82) is 0 Å². The molecule has 0 amide bonds. The standard InChI is InChI=1S/C15H24/c1-10(2)13-8-6-12(4)14-7-5-11(3)9-15(13)14/h9,12-15H,1,5-8H2,2-4H3/t12?,13-,14+,15+/m1/s1. The summed E-state index contributed by atoms with van der Waals surface area (Å²) in [4.78, 5) is 0. The molecule has 2 aliphatic rings. The number of hydrogen-bond acceptors (Lipinski definition) is 0. The highest BCUT2D eigenvalue weighted by Gasteiger charge is 2.37. The molecule has 0 aromatic carbocycles. The minimum Gasteiger partial charge on any atom is -0.0998 e. The number of allylic oxidation sites excluding steroid dienone is 3. The van der Waals surface area contributed by atoms with Gasteiger partial charge in [0, 0.05) is 0 Å². The van der Waals surface area contributed by atoms with E-state index in [1.807, 2.05) is 0 Å². The lowest BCUT2D eigenvalue weighted by Crippen LogP contribution is -2.34. The molecule has 0 radical (unpaired) electrons. The Morgan fingerprint density at radius 2 is 2.07 bits per heavy atom. The predicted molar refractivity (Wildman–Crippen MR) is 66.7 cm³/mol. The summed E-state index contributed by atoms with van der Waals surface area (Å²) in [5.74, 6) is 3.43. The van der Waals surface area contributed by atoms with E-state index in [9.17, 15) is 0 Å². The van der Waals surface area contributed by atoms with Crippen molar-refractivity contribution in [3.63, 3.8) is 0 Å². The van der Waals surface area contributed by atoms with Gasteiger partial charge >= 0.3 is 0 Å². The fourth-order valence-corrected chi connectivity index (χ4v) is 3.62. The van der Waals surface area contributed by atoms with E-state index in [2.05, 4.69) is 33.4 Å². The van der Waals surface area contributed by atoms with Crippen LogP contribution in [0.4, 0.5) is 0 Å². The molecule has 2 aliphatic carbocycles. The van der Waals surface area contributed by atoms with E-state index in [-0.39, 0.29) is 0 Å². The molecule has 2 rings (SSSR count). The molecule has 84 valence electrons. The normalized spacial score (nSPS) is 40.6. The van der Waals surface area contributed by atoms with Crippen LogP contribution in [0.1, 0.15) is 46.5 Å². The van der Waals surface area contributed by atoms with Crippen molar-refractivity contribution in [1.82, 2.24) is 0 Å². The second-order valence-corrected chi connectivity index (χ2v) is 5.80. The number of hydrogen-bond donors (Lipinski definition) is 0. The highest BCUT2D eigenvalue weighted by Crippen LogP contribution is 2.47. The van der Waals surface area contributed by atoms with Gasteiger partial charge in [0.25, 0.3) is 0 Å². The lowest BCUT2D eigenvalue weighted by atomic mass is 9.61. The number of rotatable bonds is 1. The monoisotopic (exact) mass is 204 g/mol. The van der Waals surface area contributed by atoms with E-state index >= 15 is 0 Å². The van der Waals surface area contributed by atoms with Gasteiger partial charge in [-0.1, -0.05) is 30.7 Å². The maximum absolute atomic E-state index is 4.19. The lowest BCUT2D eigenvalue weighted by molar-refractivity contribution is 0.135. The van der Waals surface area contributed by atoms with Crippen LogP contribution in [-0.4, -0.2) is 0 Å². The zero-order valence-electron chi connectivity index (χ0n) is 10.4. The Hall–Kier alpha value is -0.520. The van der Waals surface area contributed by atoms with Gasteiger partial charge in [-0.2, -0.15) is 0 Å². The molecule has 15 heavy (non-hydrogen) atoms. The maximum Gasteiger partial charge on any atom is -0.0134 e. The summed E-state index contributed by atoms with van der Waals surface area (Å²) >= 11 is 0. The van der Waals surface area contributed by atoms with Crippen molar-refractivity contribution in [3.8, 4) is 0 Å². The summed E-state index contributed by atoms with van der Waals surface area (Å²) in [6.07, 6.45) is 8.07. The van der Waals surface area contributed by atoms with Gasteiger partial charge in [-0.05, 0) is 63.2 Å². The Labute approximate surface area is 94.5 Å². The van der Waals surface area contributed by atoms with Crippen LogP contribution in [0.3, 0.4) is 0 Å². The molecule has 0 bridgehead atoms. The Morgan fingerprint density at radius 1 is 1.33 bits per heavy atom. The van der Waals surface area contributed by atoms with Gasteiger partial charge < -0.3 is 0 Å². The van der Waals surface area contributed by atoms with Gasteiger partial charge in [0.2, 0.25) is 0 Å². The fraction of sp³-hybridized carbons (Fsp3) is 0.733. The lowest BCUT2D eigenvalue weighted by Gasteiger charge is -2.44. The van der Waals surface area contributed by atoms with E-state index in [4.69, 9.17) is 0 Å². The second-order valence-electron chi connectivity index (χ2n) is 5.80. The minimum atomic E-state index is 0.765. The molecular formula is C15H24. The molecular weight excluding hydrogens is 180 g/mol. The predicted octanol–water partition coefficient (Wildman–Crippen LogP) is 4.58. The molecule has 0 nitrogen and oxygen atoms in total. The Morgan fingerprint density at radius 3 is 2.73 bits per heavy atom. The maximum atomic E-state index is 4.19. The molecule has 1 unspecified atom stereocenters. The minimum absolute atomic E-state index is 0.765. The van der Waals surface area contributed by atoms with Crippen molar-refractivity contribution in [2.24, 2.45) is 23.7 Å². The molecule has 0 heteroatoms. The molecule has 0 spiro atoms. The van der Waals surface area contributed by atoms with Crippen molar-refractivity contribution >= 4 is 0 Å². The van der Waals surface area contributed by atoms with Crippen LogP contribution in [0, 0.1) is 23.7 Å². The summed E-state index contributed by atoms with van der Waals surface area (Å²) < 4.78 is 0. The van der Waals surface area contributed by atoms with Crippen LogP contribution in [0.5, 0.6) is 0 Å². The Bertz CT molecular complexity index is 284. The van der Waals surface area contributed by atoms with Gasteiger partial charge in [0.15, 0.2) is 0 Å². The highest BCUT2D eigenvalue weighted by molar-refractivity contribution is 5.15. The Balaban J connectivity index is 2.24. The van der Waals surface area contributed by atoms with Gasteiger partial charge in [0.05, 0.1) is 0 Å². The van der Waals surface area contributed by atoms with Crippen molar-refractivity contribution in [2.45, 2.75) is 46.5 Å². The van der Waals surface area contributed by atoms with Crippen LogP contribution < -0.4 is 0 Å². The summed E-state index contributed by atoms with van der Waals surface area (Å²) in [5, 5.41) is 0. The van der Waals surface area contributed by atoms with Crippen molar-refractivity contribution in [2.75, 3.05) is 0 Å². The first-order valence-electron chi connectivity index (χ1n) is 6.42. The quantitative estimate of drug-likeness (QED) is 0.548. The first kappa shape index (κ1) is 11.0. The fourth-order valence-electron chi connectivity index (χ4n) is 3.62. The summed E-state index contributed by atoms with van der Waals surface area (Å²) in [5.41, 5.74) is 3.01. The molecule has 0 aromatic heterocycles. The van der Waals surface area contributed by atoms with Crippen LogP contribution in [-0.2, 0) is 0 Å². The molecule has 1 fully saturated rings. The van der Waals surface area contributed by atoms with E-state index in [1.54, 1.807) is 5.57 Å². The van der Waals surface area contributed by atoms with Crippen LogP contribution in [0.25, 0.3) is 0 Å². The molecule has 0 N–H and O–H groups in total. The third-order valence-corrected chi connectivity index (χ3v) is 4.60. The molecule has 4 atom stereocenters. The van der Waals surface area contributed by atoms with Crippen LogP contribution in [0.15, 0.2) is 23.8 Å². The topological polar surface area (TPSA) is 0 Å². The van der Waals surface area contributed by atoms with Crippen molar-refractivity contribution < 1.29 is 0 Å². The van der Waals surface area contributed by atoms with E-state index in [0.29, 0.717) is 0 Å². The molecule has 0 aliphatic heterocycles. The zero-order valence-corrected chi connectivity index (χ0v) is 10.4. The van der Waals surface area contributed by atoms with Gasteiger partial charge in [-0.15, -0.1) is 0 Å². The van der Waals surface area contributed by atoms with Crippen LogP contribution in [0.2, 0.25) is 0 Å². The zero-order chi connectivity index (χ0) is 11.0. The number of fused-ring (bicyclic) bond motifs is 1. The summed E-state index contributed by atoms with van der Waals surface area (Å²) in [6.45, 7) is 11.2. The molecule has 1 saturated carbocycles. The van der Waals surface area contributed by atoms with Gasteiger partial charge in [0.1, 0.15) is 0 Å².